The van der Waals surface area contributed by atoms with Crippen molar-refractivity contribution >= 4 is 51.6 Å². The molecule has 6 nitrogen and oxygen atoms in total. The van der Waals surface area contributed by atoms with Gasteiger partial charge in [-0.05, 0) is 74.4 Å². The molecule has 1 aliphatic rings. The molecule has 0 spiro atoms. The number of ether oxygens (including phenoxy) is 1. The fourth-order valence-electron chi connectivity index (χ4n) is 4.32. The first kappa shape index (κ1) is 26.0. The van der Waals surface area contributed by atoms with E-state index in [-0.39, 0.29) is 17.1 Å². The fraction of sp³-hybridized carbons (Fsp3) is 0.321. The van der Waals surface area contributed by atoms with E-state index in [1.807, 2.05) is 56.3 Å². The van der Waals surface area contributed by atoms with Gasteiger partial charge in [-0.3, -0.25) is 9.59 Å². The zero-order valence-corrected chi connectivity index (χ0v) is 22.3. The van der Waals surface area contributed by atoms with Crippen LogP contribution in [0, 0.1) is 6.92 Å². The van der Waals surface area contributed by atoms with E-state index < -0.39 is 5.97 Å². The third-order valence-electron chi connectivity index (χ3n) is 6.22. The summed E-state index contributed by atoms with van der Waals surface area (Å²) in [4.78, 5) is 40.5. The molecule has 1 aliphatic carbocycles. The number of hydrogen-bond donors (Lipinski definition) is 2. The smallest absolute Gasteiger partial charge is 0.341 e. The van der Waals surface area contributed by atoms with Gasteiger partial charge in [-0.15, -0.1) is 23.1 Å². The third-order valence-corrected chi connectivity index (χ3v) is 8.79. The monoisotopic (exact) mass is 522 g/mol. The molecule has 2 amide bonds. The molecule has 0 saturated heterocycles. The number of carbonyl (C=O) groups excluding carboxylic acids is 3. The van der Waals surface area contributed by atoms with Crippen molar-refractivity contribution < 1.29 is 19.1 Å². The Morgan fingerprint density at radius 1 is 1.06 bits per heavy atom. The lowest BCUT2D eigenvalue weighted by Gasteiger charge is -2.16. The van der Waals surface area contributed by atoms with Crippen LogP contribution in [0.25, 0.3) is 0 Å². The predicted molar refractivity (Wildman–Crippen MR) is 146 cm³/mol. The molecule has 4 rings (SSSR count). The van der Waals surface area contributed by atoms with Crippen molar-refractivity contribution in [2.75, 3.05) is 17.7 Å². The zero-order chi connectivity index (χ0) is 25.7. The van der Waals surface area contributed by atoms with Gasteiger partial charge in [0.15, 0.2) is 0 Å². The van der Waals surface area contributed by atoms with Crippen LogP contribution in [-0.4, -0.2) is 30.1 Å². The van der Waals surface area contributed by atoms with Gasteiger partial charge in [0.05, 0.1) is 17.9 Å². The number of rotatable bonds is 8. The number of fused-ring (bicyclic) bond motifs is 1. The maximum absolute atomic E-state index is 13.3. The number of aryl methyl sites for hydroxylation is 2. The molecular weight excluding hydrogens is 492 g/mol. The third kappa shape index (κ3) is 5.82. The Hall–Kier alpha value is -3.10. The summed E-state index contributed by atoms with van der Waals surface area (Å²) < 4.78 is 5.03. The highest BCUT2D eigenvalue weighted by atomic mass is 32.2. The van der Waals surface area contributed by atoms with Crippen LogP contribution in [0.2, 0.25) is 0 Å². The van der Waals surface area contributed by atoms with Crippen LogP contribution < -0.4 is 10.6 Å². The van der Waals surface area contributed by atoms with Crippen molar-refractivity contribution in [2.24, 2.45) is 0 Å². The van der Waals surface area contributed by atoms with Crippen molar-refractivity contribution in [1.29, 1.82) is 0 Å². The van der Waals surface area contributed by atoms with Crippen LogP contribution >= 0.6 is 23.1 Å². The molecule has 36 heavy (non-hydrogen) atoms. The van der Waals surface area contributed by atoms with Gasteiger partial charge in [-0.2, -0.15) is 0 Å². The Morgan fingerprint density at radius 3 is 2.58 bits per heavy atom. The maximum Gasteiger partial charge on any atom is 0.341 e. The molecule has 1 atom stereocenters. The molecule has 0 aliphatic heterocycles. The summed E-state index contributed by atoms with van der Waals surface area (Å²) in [6.07, 6.45) is 4.48. The number of anilines is 2. The van der Waals surface area contributed by atoms with Gasteiger partial charge in [0.1, 0.15) is 5.00 Å². The first-order chi connectivity index (χ1) is 17.4. The van der Waals surface area contributed by atoms with E-state index in [0.717, 1.165) is 46.6 Å². The molecule has 0 saturated carbocycles. The molecule has 1 heterocycles. The molecule has 3 aromatic rings. The molecule has 0 bridgehead atoms. The maximum atomic E-state index is 13.3. The molecule has 1 aromatic heterocycles. The van der Waals surface area contributed by atoms with E-state index >= 15 is 0 Å². The van der Waals surface area contributed by atoms with Crippen LogP contribution in [0.4, 0.5) is 10.7 Å². The number of thioether (sulfide) groups is 1. The van der Waals surface area contributed by atoms with Gasteiger partial charge in [-0.1, -0.05) is 31.2 Å². The highest BCUT2D eigenvalue weighted by Crippen LogP contribution is 2.39. The summed E-state index contributed by atoms with van der Waals surface area (Å²) in [6.45, 7) is 3.86. The number of benzene rings is 2. The minimum Gasteiger partial charge on any atom is -0.465 e. The van der Waals surface area contributed by atoms with E-state index in [1.54, 1.807) is 6.07 Å². The lowest BCUT2D eigenvalue weighted by molar-refractivity contribution is -0.115. The average molecular weight is 523 g/mol. The topological polar surface area (TPSA) is 84.5 Å². The minimum atomic E-state index is -0.400. The van der Waals surface area contributed by atoms with E-state index in [9.17, 15) is 14.4 Å². The van der Waals surface area contributed by atoms with Gasteiger partial charge >= 0.3 is 5.97 Å². The SMILES string of the molecule is CCC(Sc1cccc(NC(=O)c2ccccc2C)c1)C(=O)Nc1sc2c(c1C(=O)OC)CCCC2. The molecule has 0 radical (unpaired) electrons. The van der Waals surface area contributed by atoms with E-state index in [2.05, 4.69) is 10.6 Å². The highest BCUT2D eigenvalue weighted by Gasteiger charge is 2.28. The molecule has 8 heteroatoms. The quantitative estimate of drug-likeness (QED) is 0.261. The van der Waals surface area contributed by atoms with Crippen molar-refractivity contribution in [1.82, 2.24) is 0 Å². The number of carbonyl (C=O) groups is 3. The highest BCUT2D eigenvalue weighted by molar-refractivity contribution is 8.00. The molecule has 2 aromatic carbocycles. The average Bonchev–Trinajstić information content (AvgIpc) is 3.24. The van der Waals surface area contributed by atoms with Crippen molar-refractivity contribution in [3.8, 4) is 0 Å². The lowest BCUT2D eigenvalue weighted by atomic mass is 9.95. The summed E-state index contributed by atoms with van der Waals surface area (Å²) in [5.74, 6) is -0.722. The summed E-state index contributed by atoms with van der Waals surface area (Å²) in [7, 11) is 1.37. The Kier molecular flexibility index (Phi) is 8.48. The standard InChI is InChI=1S/C28H30N2O4S2/c1-4-22(26(32)30-27-24(28(33)34-3)21-14-7-8-15-23(21)36-27)35-19-12-9-11-18(16-19)29-25(31)20-13-6-5-10-17(20)2/h5-6,9-13,16,22H,4,7-8,14-15H2,1-3H3,(H,29,31)(H,30,32). The zero-order valence-electron chi connectivity index (χ0n) is 20.7. The summed E-state index contributed by atoms with van der Waals surface area (Å²) >= 11 is 2.92. The second kappa shape index (κ2) is 11.8. The molecular formula is C28H30N2O4S2. The normalized spacial score (nSPS) is 13.4. The summed E-state index contributed by atoms with van der Waals surface area (Å²) in [6, 6.07) is 14.9. The number of amides is 2. The molecule has 188 valence electrons. The Bertz CT molecular complexity index is 1280. The Balaban J connectivity index is 1.48. The minimum absolute atomic E-state index is 0.152. The van der Waals surface area contributed by atoms with Crippen LogP contribution in [0.15, 0.2) is 53.4 Å². The van der Waals surface area contributed by atoms with Crippen molar-refractivity contribution in [2.45, 2.75) is 56.1 Å². The number of thiophene rings is 1. The number of nitrogens with one attached hydrogen (secondary N) is 2. The van der Waals surface area contributed by atoms with Crippen molar-refractivity contribution in [3.05, 3.63) is 75.7 Å². The summed E-state index contributed by atoms with van der Waals surface area (Å²) in [5.41, 5.74) is 3.73. The first-order valence-electron chi connectivity index (χ1n) is 12.1. The molecule has 2 N–H and O–H groups in total. The van der Waals surface area contributed by atoms with Crippen LogP contribution in [-0.2, 0) is 22.4 Å². The summed E-state index contributed by atoms with van der Waals surface area (Å²) in [5, 5.41) is 6.18. The Labute approximate surface area is 219 Å². The number of hydrogen-bond acceptors (Lipinski definition) is 6. The second-order valence-electron chi connectivity index (χ2n) is 8.71. The number of methoxy groups -OCH3 is 1. The van der Waals surface area contributed by atoms with E-state index in [0.29, 0.717) is 28.2 Å². The molecule has 0 fully saturated rings. The van der Waals surface area contributed by atoms with Crippen LogP contribution in [0.3, 0.4) is 0 Å². The van der Waals surface area contributed by atoms with Gasteiger partial charge in [-0.25, -0.2) is 4.79 Å². The van der Waals surface area contributed by atoms with E-state index in [4.69, 9.17) is 4.74 Å². The van der Waals surface area contributed by atoms with Crippen molar-refractivity contribution in [3.63, 3.8) is 0 Å². The first-order valence-corrected chi connectivity index (χ1v) is 13.8. The number of esters is 1. The fourth-order valence-corrected chi connectivity index (χ4v) is 6.62. The molecule has 1 unspecified atom stereocenters. The van der Waals surface area contributed by atoms with Crippen LogP contribution in [0.5, 0.6) is 0 Å². The largest absolute Gasteiger partial charge is 0.465 e. The predicted octanol–water partition coefficient (Wildman–Crippen LogP) is 6.48. The van der Waals surface area contributed by atoms with Gasteiger partial charge in [0.25, 0.3) is 5.91 Å². The van der Waals surface area contributed by atoms with Gasteiger partial charge in [0, 0.05) is 21.0 Å². The van der Waals surface area contributed by atoms with Gasteiger partial charge in [0.2, 0.25) is 5.91 Å². The van der Waals surface area contributed by atoms with E-state index in [1.165, 1.54) is 30.2 Å². The lowest BCUT2D eigenvalue weighted by Crippen LogP contribution is -2.25. The van der Waals surface area contributed by atoms with Crippen LogP contribution in [0.1, 0.15) is 62.9 Å². The Morgan fingerprint density at radius 2 is 1.83 bits per heavy atom. The van der Waals surface area contributed by atoms with Gasteiger partial charge < -0.3 is 15.4 Å². The second-order valence-corrected chi connectivity index (χ2v) is 11.1.